The molecule has 1 spiro atoms. The van der Waals surface area contributed by atoms with Crippen LogP contribution < -0.4 is 0 Å². The van der Waals surface area contributed by atoms with Crippen molar-refractivity contribution >= 4 is 23.5 Å². The molecule has 2 N–H and O–H groups in total. The van der Waals surface area contributed by atoms with Gasteiger partial charge < -0.3 is 19.7 Å². The standard InChI is InChI=1S/C24H28O8/c1-22-8-6-14(25)10-13(22)2-3-15-16-7-9-23(24(16,32-23)11-17(26)21(15)22)18(27)12-31-20(30)5-4-19(28)29/h6,8,10,15-17,21,26H,2-5,7,9,11-12H2,1H3,(H,28,29)/t15?,16?,17?,21?,22?,23-,24?/m0/s1. The lowest BCUT2D eigenvalue weighted by atomic mass is 9.49. The Balaban J connectivity index is 1.32. The summed E-state index contributed by atoms with van der Waals surface area (Å²) in [5.41, 5.74) is -1.04. The third-order valence-electron chi connectivity index (χ3n) is 8.71. The SMILES string of the molecule is CC12C=CC(=O)C=C1CCC1C2C(O)CC23O[C@]2(C(=O)COC(=O)CCC(=O)O)CCC13. The predicted molar refractivity (Wildman–Crippen MR) is 109 cm³/mol. The Morgan fingerprint density at radius 1 is 1.25 bits per heavy atom. The molecule has 0 amide bonds. The molecule has 0 radical (unpaired) electrons. The molecule has 7 atom stereocenters. The largest absolute Gasteiger partial charge is 0.481 e. The quantitative estimate of drug-likeness (QED) is 0.468. The Kier molecular flexibility index (Phi) is 4.77. The molecule has 1 aliphatic heterocycles. The molecule has 8 nitrogen and oxygen atoms in total. The third kappa shape index (κ3) is 2.88. The lowest BCUT2D eigenvalue weighted by Gasteiger charge is -2.55. The van der Waals surface area contributed by atoms with E-state index in [4.69, 9.17) is 14.6 Å². The van der Waals surface area contributed by atoms with E-state index in [0.29, 0.717) is 12.8 Å². The van der Waals surface area contributed by atoms with Crippen LogP contribution in [0.4, 0.5) is 0 Å². The molecule has 32 heavy (non-hydrogen) atoms. The molecule has 8 heteroatoms. The smallest absolute Gasteiger partial charge is 0.306 e. The number of allylic oxidation sites excluding steroid dienone is 4. The number of ether oxygens (including phenoxy) is 2. The number of aliphatic carboxylic acids is 1. The minimum absolute atomic E-state index is 0.00778. The molecule has 5 rings (SSSR count). The number of carbonyl (C=O) groups is 4. The van der Waals surface area contributed by atoms with Crippen LogP contribution in [-0.2, 0) is 28.7 Å². The van der Waals surface area contributed by atoms with Crippen LogP contribution in [0, 0.1) is 23.2 Å². The zero-order chi connectivity index (χ0) is 22.9. The molecule has 6 unspecified atom stereocenters. The van der Waals surface area contributed by atoms with Gasteiger partial charge in [0.05, 0.1) is 18.9 Å². The van der Waals surface area contributed by atoms with Crippen molar-refractivity contribution in [2.45, 2.75) is 69.2 Å². The highest BCUT2D eigenvalue weighted by Crippen LogP contribution is 2.73. The highest BCUT2D eigenvalue weighted by atomic mass is 16.6. The molecule has 0 bridgehead atoms. The fourth-order valence-corrected chi connectivity index (χ4v) is 7.33. The number of rotatable bonds is 6. The van der Waals surface area contributed by atoms with Crippen molar-refractivity contribution in [3.8, 4) is 0 Å². The van der Waals surface area contributed by atoms with Crippen LogP contribution in [0.1, 0.15) is 51.9 Å². The summed E-state index contributed by atoms with van der Waals surface area (Å²) in [7, 11) is 0. The normalized spacial score (nSPS) is 43.3. The van der Waals surface area contributed by atoms with Crippen molar-refractivity contribution in [3.63, 3.8) is 0 Å². The van der Waals surface area contributed by atoms with E-state index in [1.807, 2.05) is 6.08 Å². The molecule has 0 aromatic carbocycles. The molecular formula is C24H28O8. The fourth-order valence-electron chi connectivity index (χ4n) is 7.33. The highest BCUT2D eigenvalue weighted by molar-refractivity contribution is 6.01. The van der Waals surface area contributed by atoms with Crippen LogP contribution in [-0.4, -0.2) is 57.6 Å². The van der Waals surface area contributed by atoms with Crippen LogP contribution >= 0.6 is 0 Å². The summed E-state index contributed by atoms with van der Waals surface area (Å²) in [4.78, 5) is 47.3. The number of epoxide rings is 1. The van der Waals surface area contributed by atoms with Gasteiger partial charge in [-0.15, -0.1) is 0 Å². The van der Waals surface area contributed by atoms with Crippen LogP contribution in [0.25, 0.3) is 0 Å². The summed E-state index contributed by atoms with van der Waals surface area (Å²) in [6, 6.07) is 0. The molecule has 4 aliphatic carbocycles. The van der Waals surface area contributed by atoms with E-state index in [2.05, 4.69) is 6.92 Å². The maximum absolute atomic E-state index is 13.0. The summed E-state index contributed by atoms with van der Waals surface area (Å²) >= 11 is 0. The molecule has 1 saturated heterocycles. The number of hydrogen-bond acceptors (Lipinski definition) is 7. The Hall–Kier alpha value is -2.32. The van der Waals surface area contributed by atoms with Crippen LogP contribution in [0.3, 0.4) is 0 Å². The van der Waals surface area contributed by atoms with E-state index >= 15 is 0 Å². The summed E-state index contributed by atoms with van der Waals surface area (Å²) in [6.45, 7) is 1.66. The third-order valence-corrected chi connectivity index (χ3v) is 8.71. The van der Waals surface area contributed by atoms with Gasteiger partial charge in [-0.05, 0) is 49.7 Å². The van der Waals surface area contributed by atoms with E-state index in [-0.39, 0.29) is 47.6 Å². The second-order valence-corrected chi connectivity index (χ2v) is 10.1. The van der Waals surface area contributed by atoms with Gasteiger partial charge in [0, 0.05) is 17.8 Å². The molecule has 1 heterocycles. The number of ketones is 2. The molecule has 172 valence electrons. The van der Waals surface area contributed by atoms with Gasteiger partial charge in [0.15, 0.2) is 18.0 Å². The molecular weight excluding hydrogens is 416 g/mol. The molecule has 0 aromatic heterocycles. The number of Topliss-reactive ketones (excluding diaryl/α,β-unsaturated/α-hetero) is 1. The zero-order valence-electron chi connectivity index (χ0n) is 18.0. The first-order valence-corrected chi connectivity index (χ1v) is 11.4. The average molecular weight is 444 g/mol. The van der Waals surface area contributed by atoms with Crippen molar-refractivity contribution in [2.24, 2.45) is 23.2 Å². The number of esters is 1. The van der Waals surface area contributed by atoms with Gasteiger partial charge in [-0.25, -0.2) is 0 Å². The van der Waals surface area contributed by atoms with Gasteiger partial charge in [0.1, 0.15) is 5.60 Å². The Labute approximate surface area is 185 Å². The molecule has 3 saturated carbocycles. The fraction of sp³-hybridized carbons (Fsp3) is 0.667. The van der Waals surface area contributed by atoms with Crippen molar-refractivity contribution in [1.29, 1.82) is 0 Å². The molecule has 5 aliphatic rings. The lowest BCUT2D eigenvalue weighted by molar-refractivity contribution is -0.151. The second-order valence-electron chi connectivity index (χ2n) is 10.1. The van der Waals surface area contributed by atoms with E-state index in [9.17, 15) is 24.3 Å². The maximum atomic E-state index is 13.0. The number of fused-ring (bicyclic) bond motifs is 4. The van der Waals surface area contributed by atoms with E-state index in [1.54, 1.807) is 12.2 Å². The van der Waals surface area contributed by atoms with Crippen molar-refractivity contribution < 1.29 is 38.9 Å². The first kappa shape index (κ1) is 21.5. The van der Waals surface area contributed by atoms with Gasteiger partial charge in [0.2, 0.25) is 5.78 Å². The summed E-state index contributed by atoms with van der Waals surface area (Å²) in [5, 5.41) is 19.9. The average Bonchev–Trinajstić information content (AvgIpc) is 3.26. The van der Waals surface area contributed by atoms with Crippen LogP contribution in [0.15, 0.2) is 23.8 Å². The van der Waals surface area contributed by atoms with Gasteiger partial charge >= 0.3 is 11.9 Å². The van der Waals surface area contributed by atoms with Gasteiger partial charge in [-0.3, -0.25) is 19.2 Å². The Morgan fingerprint density at radius 2 is 2.03 bits per heavy atom. The first-order valence-electron chi connectivity index (χ1n) is 11.4. The van der Waals surface area contributed by atoms with Gasteiger partial charge in [-0.2, -0.15) is 0 Å². The molecule has 4 fully saturated rings. The summed E-state index contributed by atoms with van der Waals surface area (Å²) < 4.78 is 11.2. The molecule has 0 aromatic rings. The number of aliphatic hydroxyl groups is 1. The minimum atomic E-state index is -1.10. The van der Waals surface area contributed by atoms with Crippen molar-refractivity contribution in [1.82, 2.24) is 0 Å². The van der Waals surface area contributed by atoms with Crippen LogP contribution in [0.5, 0.6) is 0 Å². The first-order chi connectivity index (χ1) is 15.1. The van der Waals surface area contributed by atoms with Crippen molar-refractivity contribution in [2.75, 3.05) is 6.61 Å². The minimum Gasteiger partial charge on any atom is -0.481 e. The summed E-state index contributed by atoms with van der Waals surface area (Å²) in [6.07, 6.45) is 7.28. The van der Waals surface area contributed by atoms with Gasteiger partial charge in [-0.1, -0.05) is 18.6 Å². The number of carboxylic acid groups (broad SMARTS) is 1. The second kappa shape index (κ2) is 7.09. The Morgan fingerprint density at radius 3 is 2.78 bits per heavy atom. The zero-order valence-corrected chi connectivity index (χ0v) is 18.0. The van der Waals surface area contributed by atoms with E-state index in [0.717, 1.165) is 24.8 Å². The topological polar surface area (TPSA) is 130 Å². The number of hydrogen-bond donors (Lipinski definition) is 2. The van der Waals surface area contributed by atoms with E-state index in [1.165, 1.54) is 0 Å². The van der Waals surface area contributed by atoms with Crippen LogP contribution in [0.2, 0.25) is 0 Å². The lowest BCUT2D eigenvalue weighted by Crippen LogP contribution is -2.56. The monoisotopic (exact) mass is 444 g/mol. The highest BCUT2D eigenvalue weighted by Gasteiger charge is 2.83. The predicted octanol–water partition coefficient (Wildman–Crippen LogP) is 1.74. The Bertz CT molecular complexity index is 965. The summed E-state index contributed by atoms with van der Waals surface area (Å²) in [5.74, 6) is -1.86. The number of aliphatic hydroxyl groups excluding tert-OH is 1. The van der Waals surface area contributed by atoms with Crippen molar-refractivity contribution in [3.05, 3.63) is 23.8 Å². The van der Waals surface area contributed by atoms with E-state index < -0.39 is 35.9 Å². The maximum Gasteiger partial charge on any atom is 0.306 e. The number of carbonyl (C=O) groups excluding carboxylic acids is 3. The number of carboxylic acids is 1. The van der Waals surface area contributed by atoms with Gasteiger partial charge in [0.25, 0.3) is 0 Å².